The molecule has 3 rings (SSSR count). The SMILES string of the molecule is O=C(CO)c1cnc(CC2(Cc3ccccc3)CC2)nc1. The van der Waals surface area contributed by atoms with E-state index in [2.05, 4.69) is 34.2 Å². The third-order valence-electron chi connectivity index (χ3n) is 4.08. The van der Waals surface area contributed by atoms with Crippen LogP contribution >= 0.6 is 0 Å². The Labute approximate surface area is 123 Å². The molecule has 1 aliphatic carbocycles. The molecule has 4 nitrogen and oxygen atoms in total. The second-order valence-corrected chi connectivity index (χ2v) is 5.81. The molecule has 2 aromatic rings. The third-order valence-corrected chi connectivity index (χ3v) is 4.08. The zero-order valence-corrected chi connectivity index (χ0v) is 11.8. The van der Waals surface area contributed by atoms with Gasteiger partial charge in [-0.05, 0) is 30.2 Å². The van der Waals surface area contributed by atoms with E-state index in [1.807, 2.05) is 6.07 Å². The van der Waals surface area contributed by atoms with E-state index in [1.165, 1.54) is 30.8 Å². The van der Waals surface area contributed by atoms with Crippen molar-refractivity contribution in [2.45, 2.75) is 25.7 Å². The number of carbonyl (C=O) groups is 1. The first kappa shape index (κ1) is 13.9. The predicted molar refractivity (Wildman–Crippen MR) is 79.0 cm³/mol. The summed E-state index contributed by atoms with van der Waals surface area (Å²) in [5, 5.41) is 8.81. The van der Waals surface area contributed by atoms with Crippen LogP contribution in [-0.2, 0) is 12.8 Å². The number of benzene rings is 1. The summed E-state index contributed by atoms with van der Waals surface area (Å²) in [5.74, 6) is 0.435. The monoisotopic (exact) mass is 282 g/mol. The maximum absolute atomic E-state index is 11.3. The van der Waals surface area contributed by atoms with Crippen LogP contribution in [0.1, 0.15) is 34.6 Å². The number of nitrogens with zero attached hydrogens (tertiary/aromatic N) is 2. The number of hydrogen-bond donors (Lipinski definition) is 1. The quantitative estimate of drug-likeness (QED) is 0.825. The molecule has 0 saturated heterocycles. The van der Waals surface area contributed by atoms with Gasteiger partial charge in [-0.3, -0.25) is 4.79 Å². The molecule has 1 aromatic carbocycles. The van der Waals surface area contributed by atoms with Crippen LogP contribution in [0, 0.1) is 5.41 Å². The number of aromatic nitrogens is 2. The van der Waals surface area contributed by atoms with Crippen molar-refractivity contribution < 1.29 is 9.90 Å². The molecule has 108 valence electrons. The maximum Gasteiger partial charge on any atom is 0.191 e. The molecule has 0 spiro atoms. The normalized spacial score (nSPS) is 15.7. The van der Waals surface area contributed by atoms with Crippen LogP contribution in [0.2, 0.25) is 0 Å². The van der Waals surface area contributed by atoms with Crippen LogP contribution in [0.3, 0.4) is 0 Å². The molecule has 0 radical (unpaired) electrons. The molecule has 4 heteroatoms. The van der Waals surface area contributed by atoms with Crippen molar-refractivity contribution in [3.05, 3.63) is 59.7 Å². The van der Waals surface area contributed by atoms with Crippen LogP contribution in [0.4, 0.5) is 0 Å². The van der Waals surface area contributed by atoms with Gasteiger partial charge in [0.25, 0.3) is 0 Å². The summed E-state index contributed by atoms with van der Waals surface area (Å²) in [6.45, 7) is -0.499. The van der Waals surface area contributed by atoms with Crippen molar-refractivity contribution >= 4 is 5.78 Å². The highest BCUT2D eigenvalue weighted by Crippen LogP contribution is 2.50. The molecular formula is C17H18N2O2. The van der Waals surface area contributed by atoms with E-state index in [9.17, 15) is 4.79 Å². The van der Waals surface area contributed by atoms with Crippen molar-refractivity contribution in [1.29, 1.82) is 0 Å². The number of hydrogen-bond acceptors (Lipinski definition) is 4. The molecule has 1 aliphatic rings. The fourth-order valence-corrected chi connectivity index (χ4v) is 2.64. The summed E-state index contributed by atoms with van der Waals surface area (Å²) in [5.41, 5.74) is 2.00. The van der Waals surface area contributed by atoms with Gasteiger partial charge >= 0.3 is 0 Å². The molecule has 0 bridgehead atoms. The van der Waals surface area contributed by atoms with Crippen molar-refractivity contribution in [1.82, 2.24) is 9.97 Å². The van der Waals surface area contributed by atoms with Gasteiger partial charge in [0.2, 0.25) is 0 Å². The highest BCUT2D eigenvalue weighted by Gasteiger charge is 2.43. The highest BCUT2D eigenvalue weighted by molar-refractivity contribution is 5.96. The largest absolute Gasteiger partial charge is 0.388 e. The Kier molecular flexibility index (Phi) is 3.80. The molecule has 21 heavy (non-hydrogen) atoms. The number of rotatable bonds is 6. The lowest BCUT2D eigenvalue weighted by molar-refractivity contribution is 0.0903. The first-order chi connectivity index (χ1) is 10.2. The summed E-state index contributed by atoms with van der Waals surface area (Å²) in [4.78, 5) is 19.9. The summed E-state index contributed by atoms with van der Waals surface area (Å²) in [7, 11) is 0. The molecule has 1 aromatic heterocycles. The number of Topliss-reactive ketones (excluding diaryl/α,β-unsaturated/α-hetero) is 1. The van der Waals surface area contributed by atoms with Crippen LogP contribution in [0.5, 0.6) is 0 Å². The van der Waals surface area contributed by atoms with Crippen LogP contribution in [0.25, 0.3) is 0 Å². The second-order valence-electron chi connectivity index (χ2n) is 5.81. The Morgan fingerprint density at radius 3 is 2.33 bits per heavy atom. The summed E-state index contributed by atoms with van der Waals surface area (Å²) in [6, 6.07) is 10.5. The maximum atomic E-state index is 11.3. The zero-order valence-electron chi connectivity index (χ0n) is 11.8. The van der Waals surface area contributed by atoms with Crippen LogP contribution in [-0.4, -0.2) is 27.5 Å². The number of ketones is 1. The highest BCUT2D eigenvalue weighted by atomic mass is 16.3. The van der Waals surface area contributed by atoms with E-state index in [0.717, 1.165) is 18.7 Å². The van der Waals surface area contributed by atoms with Gasteiger partial charge in [0.1, 0.15) is 12.4 Å². The number of carbonyl (C=O) groups excluding carboxylic acids is 1. The molecule has 0 amide bonds. The van der Waals surface area contributed by atoms with Crippen LogP contribution < -0.4 is 0 Å². The van der Waals surface area contributed by atoms with E-state index in [1.54, 1.807) is 0 Å². The molecule has 0 unspecified atom stereocenters. The molecule has 1 fully saturated rings. The van der Waals surface area contributed by atoms with E-state index >= 15 is 0 Å². The van der Waals surface area contributed by atoms with Gasteiger partial charge in [-0.2, -0.15) is 0 Å². The van der Waals surface area contributed by atoms with Gasteiger partial charge in [-0.1, -0.05) is 30.3 Å². The first-order valence-electron chi connectivity index (χ1n) is 7.20. The minimum atomic E-state index is -0.499. The van der Waals surface area contributed by atoms with Gasteiger partial charge in [-0.25, -0.2) is 9.97 Å². The predicted octanol–water partition coefficient (Wildman–Crippen LogP) is 2.22. The van der Waals surface area contributed by atoms with Gasteiger partial charge in [0.05, 0.1) is 5.56 Å². The fraction of sp³-hybridized carbons (Fsp3) is 0.353. The van der Waals surface area contributed by atoms with Crippen molar-refractivity contribution in [2.75, 3.05) is 6.61 Å². The summed E-state index contributed by atoms with van der Waals surface area (Å²) < 4.78 is 0. The topological polar surface area (TPSA) is 63.1 Å². The lowest BCUT2D eigenvalue weighted by Crippen LogP contribution is -2.13. The average Bonchev–Trinajstić information content (AvgIpc) is 3.27. The smallest absolute Gasteiger partial charge is 0.191 e. The summed E-state index contributed by atoms with van der Waals surface area (Å²) in [6.07, 6.45) is 7.31. The Morgan fingerprint density at radius 2 is 1.76 bits per heavy atom. The fourth-order valence-electron chi connectivity index (χ4n) is 2.64. The Bertz CT molecular complexity index is 619. The Morgan fingerprint density at radius 1 is 1.10 bits per heavy atom. The Balaban J connectivity index is 1.67. The number of aliphatic hydroxyl groups excluding tert-OH is 1. The molecule has 0 aliphatic heterocycles. The third kappa shape index (κ3) is 3.34. The molecule has 1 heterocycles. The number of aliphatic hydroxyl groups is 1. The lowest BCUT2D eigenvalue weighted by Gasteiger charge is -2.14. The van der Waals surface area contributed by atoms with E-state index < -0.39 is 6.61 Å². The van der Waals surface area contributed by atoms with E-state index in [4.69, 9.17) is 5.11 Å². The van der Waals surface area contributed by atoms with Crippen molar-refractivity contribution in [3.63, 3.8) is 0 Å². The van der Waals surface area contributed by atoms with Crippen molar-refractivity contribution in [3.8, 4) is 0 Å². The van der Waals surface area contributed by atoms with Crippen molar-refractivity contribution in [2.24, 2.45) is 5.41 Å². The Hall–Kier alpha value is -2.07. The summed E-state index contributed by atoms with van der Waals surface area (Å²) >= 11 is 0. The van der Waals surface area contributed by atoms with Gasteiger partial charge in [0.15, 0.2) is 5.78 Å². The first-order valence-corrected chi connectivity index (χ1v) is 7.20. The molecule has 1 saturated carbocycles. The van der Waals surface area contributed by atoms with E-state index in [-0.39, 0.29) is 11.2 Å². The minimum absolute atomic E-state index is 0.282. The molecule has 0 atom stereocenters. The van der Waals surface area contributed by atoms with Crippen LogP contribution in [0.15, 0.2) is 42.7 Å². The standard InChI is InChI=1S/C17H18N2O2/c20-12-15(21)14-10-18-16(19-11-14)9-17(6-7-17)8-13-4-2-1-3-5-13/h1-5,10-11,20H,6-9,12H2. The van der Waals surface area contributed by atoms with Gasteiger partial charge in [0, 0.05) is 18.8 Å². The molecule has 1 N–H and O–H groups in total. The molecular weight excluding hydrogens is 264 g/mol. The average molecular weight is 282 g/mol. The zero-order chi connectivity index (χ0) is 14.7. The second kappa shape index (κ2) is 5.74. The lowest BCUT2D eigenvalue weighted by atomic mass is 9.93. The minimum Gasteiger partial charge on any atom is -0.388 e. The van der Waals surface area contributed by atoms with Gasteiger partial charge in [-0.15, -0.1) is 0 Å². The van der Waals surface area contributed by atoms with E-state index in [0.29, 0.717) is 5.56 Å². The van der Waals surface area contributed by atoms with Gasteiger partial charge < -0.3 is 5.11 Å².